The molecule has 4 nitrogen and oxygen atoms in total. The third-order valence-electron chi connectivity index (χ3n) is 2.49. The van der Waals surface area contributed by atoms with E-state index >= 15 is 0 Å². The predicted molar refractivity (Wildman–Crippen MR) is 62.0 cm³/mol. The van der Waals surface area contributed by atoms with Gasteiger partial charge in [-0.05, 0) is 31.0 Å². The van der Waals surface area contributed by atoms with Crippen molar-refractivity contribution in [2.45, 2.75) is 26.2 Å². The Bertz CT molecular complexity index is 461. The van der Waals surface area contributed by atoms with Gasteiger partial charge in [-0.15, -0.1) is 0 Å². The summed E-state index contributed by atoms with van der Waals surface area (Å²) >= 11 is 0. The fourth-order valence-corrected chi connectivity index (χ4v) is 1.61. The normalized spacial score (nSPS) is 12.6. The van der Waals surface area contributed by atoms with Crippen LogP contribution in [0.2, 0.25) is 0 Å². The Kier molecular flexibility index (Phi) is 2.90. The average Bonchev–Trinajstić information content (AvgIpc) is 2.68. The largest absolute Gasteiger partial charge is 0.399 e. The lowest BCUT2D eigenvalue weighted by Crippen LogP contribution is -1.99. The van der Waals surface area contributed by atoms with E-state index < -0.39 is 0 Å². The number of aromatic nitrogens is 2. The third-order valence-corrected chi connectivity index (χ3v) is 2.49. The summed E-state index contributed by atoms with van der Waals surface area (Å²) in [5.74, 6) is 1.60. The maximum Gasteiger partial charge on any atom is 0.229 e. The number of nitrogens with two attached hydrogens (primary N) is 1. The molecule has 1 unspecified atom stereocenters. The smallest absolute Gasteiger partial charge is 0.229 e. The molecule has 0 fully saturated rings. The van der Waals surface area contributed by atoms with Gasteiger partial charge < -0.3 is 10.3 Å². The van der Waals surface area contributed by atoms with E-state index in [1.807, 2.05) is 31.2 Å². The summed E-state index contributed by atoms with van der Waals surface area (Å²) in [6.07, 6.45) is 0.877. The molecule has 0 bridgehead atoms. The minimum atomic E-state index is 0.227. The van der Waals surface area contributed by atoms with Gasteiger partial charge in [-0.1, -0.05) is 24.2 Å². The number of hydrogen-bond acceptors (Lipinski definition) is 4. The zero-order chi connectivity index (χ0) is 11.5. The monoisotopic (exact) mass is 217 g/mol. The first kappa shape index (κ1) is 10.7. The van der Waals surface area contributed by atoms with Crippen molar-refractivity contribution in [2.24, 2.45) is 0 Å². The zero-order valence-corrected chi connectivity index (χ0v) is 9.47. The summed E-state index contributed by atoms with van der Waals surface area (Å²) in [4.78, 5) is 4.22. The van der Waals surface area contributed by atoms with Crippen LogP contribution in [0.15, 0.2) is 28.8 Å². The first-order valence-electron chi connectivity index (χ1n) is 5.30. The fraction of sp³-hybridized carbons (Fsp3) is 0.333. The molecular formula is C12H15N3O. The van der Waals surface area contributed by atoms with E-state index in [9.17, 15) is 0 Å². The minimum Gasteiger partial charge on any atom is -0.399 e. The number of nitrogen functional groups attached to an aromatic ring is 1. The van der Waals surface area contributed by atoms with Crippen molar-refractivity contribution >= 4 is 5.69 Å². The second-order valence-corrected chi connectivity index (χ2v) is 4.03. The maximum absolute atomic E-state index is 5.63. The van der Waals surface area contributed by atoms with Crippen LogP contribution in [0.3, 0.4) is 0 Å². The van der Waals surface area contributed by atoms with E-state index in [1.165, 1.54) is 5.56 Å². The molecule has 4 heteroatoms. The van der Waals surface area contributed by atoms with Crippen molar-refractivity contribution in [3.8, 4) is 0 Å². The lowest BCUT2D eigenvalue weighted by molar-refractivity contribution is 0.355. The van der Waals surface area contributed by atoms with Crippen molar-refractivity contribution < 1.29 is 4.52 Å². The maximum atomic E-state index is 5.63. The van der Waals surface area contributed by atoms with Crippen LogP contribution < -0.4 is 5.73 Å². The second kappa shape index (κ2) is 4.35. The Morgan fingerprint density at radius 3 is 2.56 bits per heavy atom. The molecule has 1 atom stereocenters. The van der Waals surface area contributed by atoms with Crippen molar-refractivity contribution in [3.05, 3.63) is 41.5 Å². The highest BCUT2D eigenvalue weighted by molar-refractivity contribution is 5.39. The van der Waals surface area contributed by atoms with Gasteiger partial charge in [0.15, 0.2) is 5.82 Å². The van der Waals surface area contributed by atoms with Crippen molar-refractivity contribution in [2.75, 3.05) is 5.73 Å². The fourth-order valence-electron chi connectivity index (χ4n) is 1.61. The average molecular weight is 217 g/mol. The molecule has 0 aliphatic carbocycles. The molecule has 0 amide bonds. The number of nitrogens with zero attached hydrogens (tertiary/aromatic N) is 2. The Hall–Kier alpha value is -1.84. The van der Waals surface area contributed by atoms with E-state index in [4.69, 9.17) is 10.3 Å². The Morgan fingerprint density at radius 2 is 2.00 bits per heavy atom. The summed E-state index contributed by atoms with van der Waals surface area (Å²) in [5, 5.41) is 3.79. The molecule has 0 saturated carbocycles. The summed E-state index contributed by atoms with van der Waals surface area (Å²) in [7, 11) is 0. The Balaban J connectivity index is 2.07. The zero-order valence-electron chi connectivity index (χ0n) is 9.47. The van der Waals surface area contributed by atoms with Gasteiger partial charge in [0, 0.05) is 11.6 Å². The SMILES string of the molecule is Cc1noc(C(C)Cc2ccc(N)cc2)n1. The first-order valence-corrected chi connectivity index (χ1v) is 5.30. The van der Waals surface area contributed by atoms with Crippen molar-refractivity contribution in [3.63, 3.8) is 0 Å². The highest BCUT2D eigenvalue weighted by Gasteiger charge is 2.13. The molecule has 1 heterocycles. The number of hydrogen-bond donors (Lipinski definition) is 1. The molecule has 2 rings (SSSR count). The number of benzene rings is 1. The second-order valence-electron chi connectivity index (χ2n) is 4.03. The molecule has 0 aliphatic rings. The summed E-state index contributed by atoms with van der Waals surface area (Å²) in [6, 6.07) is 7.85. The quantitative estimate of drug-likeness (QED) is 0.801. The molecule has 2 aromatic rings. The van der Waals surface area contributed by atoms with Crippen LogP contribution in [0.1, 0.15) is 30.1 Å². The van der Waals surface area contributed by atoms with Crippen LogP contribution in [0.25, 0.3) is 0 Å². The molecule has 0 saturated heterocycles. The van der Waals surface area contributed by atoms with Crippen LogP contribution in [0.5, 0.6) is 0 Å². The van der Waals surface area contributed by atoms with Crippen LogP contribution in [-0.2, 0) is 6.42 Å². The van der Waals surface area contributed by atoms with Gasteiger partial charge in [-0.3, -0.25) is 0 Å². The van der Waals surface area contributed by atoms with E-state index in [0.29, 0.717) is 11.7 Å². The first-order chi connectivity index (χ1) is 7.65. The van der Waals surface area contributed by atoms with E-state index in [2.05, 4.69) is 17.1 Å². The molecular weight excluding hydrogens is 202 g/mol. The molecule has 1 aromatic heterocycles. The number of anilines is 1. The van der Waals surface area contributed by atoms with Gasteiger partial charge >= 0.3 is 0 Å². The summed E-state index contributed by atoms with van der Waals surface area (Å²) in [5.41, 5.74) is 7.63. The van der Waals surface area contributed by atoms with E-state index in [1.54, 1.807) is 0 Å². The van der Waals surface area contributed by atoms with E-state index in [-0.39, 0.29) is 5.92 Å². The number of aryl methyl sites for hydroxylation is 1. The molecule has 0 radical (unpaired) electrons. The molecule has 84 valence electrons. The van der Waals surface area contributed by atoms with Crippen molar-refractivity contribution in [1.29, 1.82) is 0 Å². The van der Waals surface area contributed by atoms with E-state index in [0.717, 1.165) is 12.1 Å². The highest BCUT2D eigenvalue weighted by Crippen LogP contribution is 2.19. The standard InChI is InChI=1S/C12H15N3O/c1-8(12-14-9(2)15-16-12)7-10-3-5-11(13)6-4-10/h3-6,8H,7,13H2,1-2H3. The molecule has 0 aliphatic heterocycles. The molecule has 0 spiro atoms. The highest BCUT2D eigenvalue weighted by atomic mass is 16.5. The van der Waals surface area contributed by atoms with Crippen LogP contribution in [0, 0.1) is 6.92 Å². The van der Waals surface area contributed by atoms with Crippen molar-refractivity contribution in [1.82, 2.24) is 10.1 Å². The van der Waals surface area contributed by atoms with Crippen LogP contribution in [0.4, 0.5) is 5.69 Å². The van der Waals surface area contributed by atoms with Gasteiger partial charge in [0.1, 0.15) is 0 Å². The van der Waals surface area contributed by atoms with Gasteiger partial charge in [-0.2, -0.15) is 4.98 Å². The van der Waals surface area contributed by atoms with Gasteiger partial charge in [0.05, 0.1) is 0 Å². The van der Waals surface area contributed by atoms with Gasteiger partial charge in [0.2, 0.25) is 5.89 Å². The van der Waals surface area contributed by atoms with Gasteiger partial charge in [-0.25, -0.2) is 0 Å². The van der Waals surface area contributed by atoms with Crippen LogP contribution in [-0.4, -0.2) is 10.1 Å². The number of rotatable bonds is 3. The third kappa shape index (κ3) is 2.39. The lowest BCUT2D eigenvalue weighted by atomic mass is 10.0. The predicted octanol–water partition coefficient (Wildman–Crippen LogP) is 2.31. The van der Waals surface area contributed by atoms with Crippen LogP contribution >= 0.6 is 0 Å². The lowest BCUT2D eigenvalue weighted by Gasteiger charge is -2.06. The Morgan fingerprint density at radius 1 is 1.31 bits per heavy atom. The minimum absolute atomic E-state index is 0.227. The summed E-state index contributed by atoms with van der Waals surface area (Å²) < 4.78 is 5.14. The topological polar surface area (TPSA) is 64.9 Å². The summed E-state index contributed by atoms with van der Waals surface area (Å²) in [6.45, 7) is 3.90. The molecule has 1 aromatic carbocycles. The molecule has 16 heavy (non-hydrogen) atoms. The molecule has 2 N–H and O–H groups in total. The van der Waals surface area contributed by atoms with Gasteiger partial charge in [0.25, 0.3) is 0 Å². The Labute approximate surface area is 94.5 Å².